The number of nitrogens with one attached hydrogen (secondary N) is 1. The number of H-pyrrole nitrogens is 1. The summed E-state index contributed by atoms with van der Waals surface area (Å²) in [6, 6.07) is 0. The molecule has 0 spiro atoms. The van der Waals surface area contributed by atoms with E-state index in [0.717, 1.165) is 0 Å². The molecule has 0 saturated carbocycles. The highest BCUT2D eigenvalue weighted by atomic mass is 28.4. The number of rotatable bonds is 6. The Balaban J connectivity index is 2.33. The van der Waals surface area contributed by atoms with Crippen molar-refractivity contribution in [3.05, 3.63) is 44.8 Å². The molecule has 2 rings (SSSR count). The molecule has 162 valence electrons. The lowest BCUT2D eigenvalue weighted by Gasteiger charge is -2.39. The molecule has 1 aromatic heterocycles. The lowest BCUT2D eigenvalue weighted by Crippen LogP contribution is -2.45. The van der Waals surface area contributed by atoms with E-state index < -0.39 is 37.9 Å². The lowest BCUT2D eigenvalue weighted by molar-refractivity contribution is -0.137. The Hall–Kier alpha value is -1.97. The van der Waals surface area contributed by atoms with Crippen LogP contribution < -0.4 is 11.2 Å². The van der Waals surface area contributed by atoms with E-state index in [1.807, 2.05) is 0 Å². The van der Waals surface area contributed by atoms with E-state index >= 15 is 0 Å². The molecule has 3 atom stereocenters. The van der Waals surface area contributed by atoms with Crippen molar-refractivity contribution in [1.29, 1.82) is 0 Å². The Morgan fingerprint density at radius 2 is 2.03 bits per heavy atom. The zero-order chi connectivity index (χ0) is 22.0. The van der Waals surface area contributed by atoms with Crippen LogP contribution in [0.2, 0.25) is 18.1 Å². The van der Waals surface area contributed by atoms with Gasteiger partial charge in [-0.25, -0.2) is 9.59 Å². The van der Waals surface area contributed by atoms with Crippen molar-refractivity contribution in [2.45, 2.75) is 77.6 Å². The second-order valence-corrected chi connectivity index (χ2v) is 13.6. The number of esters is 1. The molecular formula is C20H32N2O6Si. The van der Waals surface area contributed by atoms with Gasteiger partial charge in [-0.3, -0.25) is 14.3 Å². The summed E-state index contributed by atoms with van der Waals surface area (Å²) in [4.78, 5) is 38.0. The topological polar surface area (TPSA) is 99.6 Å². The zero-order valence-corrected chi connectivity index (χ0v) is 19.3. The van der Waals surface area contributed by atoms with Gasteiger partial charge in [0, 0.05) is 24.3 Å². The fourth-order valence-corrected chi connectivity index (χ4v) is 4.18. The molecule has 0 aliphatic carbocycles. The molecule has 0 bridgehead atoms. The van der Waals surface area contributed by atoms with Gasteiger partial charge < -0.3 is 13.9 Å². The first kappa shape index (κ1) is 23.3. The number of carbonyl (C=O) groups excluding carboxylic acids is 1. The molecule has 0 unspecified atom stereocenters. The van der Waals surface area contributed by atoms with E-state index in [1.54, 1.807) is 19.9 Å². The number of hydrogen-bond donors (Lipinski definition) is 1. The Morgan fingerprint density at radius 3 is 2.62 bits per heavy atom. The summed E-state index contributed by atoms with van der Waals surface area (Å²) in [6.07, 6.45) is 3.43. The Bertz CT molecular complexity index is 880. The van der Waals surface area contributed by atoms with Crippen molar-refractivity contribution in [3.63, 3.8) is 0 Å². The monoisotopic (exact) mass is 424 g/mol. The largest absolute Gasteiger partial charge is 0.463 e. The first-order chi connectivity index (χ1) is 13.4. The highest BCUT2D eigenvalue weighted by Gasteiger charge is 2.44. The van der Waals surface area contributed by atoms with Crippen LogP contribution in [0, 0.1) is 6.92 Å². The summed E-state index contributed by atoms with van der Waals surface area (Å²) >= 11 is 0. The second-order valence-electron chi connectivity index (χ2n) is 8.80. The maximum absolute atomic E-state index is 12.3. The van der Waals surface area contributed by atoms with Crippen molar-refractivity contribution >= 4 is 14.3 Å². The molecule has 9 heteroatoms. The van der Waals surface area contributed by atoms with Crippen LogP contribution >= 0.6 is 0 Å². The van der Waals surface area contributed by atoms with Gasteiger partial charge in [-0.05, 0) is 38.1 Å². The lowest BCUT2D eigenvalue weighted by atomic mass is 10.1. The maximum atomic E-state index is 12.3. The molecule has 1 saturated heterocycles. The van der Waals surface area contributed by atoms with Crippen LogP contribution in [-0.4, -0.2) is 42.7 Å². The predicted octanol–water partition coefficient (Wildman–Crippen LogP) is 2.64. The zero-order valence-electron chi connectivity index (χ0n) is 18.3. The van der Waals surface area contributed by atoms with Gasteiger partial charge in [0.1, 0.15) is 12.3 Å². The van der Waals surface area contributed by atoms with Crippen LogP contribution in [0.25, 0.3) is 0 Å². The third-order valence-electron chi connectivity index (χ3n) is 5.53. The van der Waals surface area contributed by atoms with E-state index in [0.29, 0.717) is 12.0 Å². The highest BCUT2D eigenvalue weighted by Crippen LogP contribution is 2.41. The van der Waals surface area contributed by atoms with Crippen molar-refractivity contribution < 1.29 is 18.7 Å². The number of ether oxygens (including phenoxy) is 2. The fourth-order valence-electron chi connectivity index (χ4n) is 2.84. The number of aryl methyl sites for hydroxylation is 1. The Morgan fingerprint density at radius 1 is 1.38 bits per heavy atom. The maximum Gasteiger partial charge on any atom is 0.330 e. The average molecular weight is 425 g/mol. The minimum atomic E-state index is -2.12. The molecule has 1 aliphatic heterocycles. The molecule has 1 aromatic rings. The number of hydrogen-bond acceptors (Lipinski definition) is 6. The summed E-state index contributed by atoms with van der Waals surface area (Å²) in [6.45, 7) is 14.4. The van der Waals surface area contributed by atoms with E-state index in [2.05, 4.69) is 38.8 Å². The number of nitrogens with zero attached hydrogens (tertiary/aromatic N) is 1. The third kappa shape index (κ3) is 5.55. The van der Waals surface area contributed by atoms with Crippen LogP contribution in [0.15, 0.2) is 27.9 Å². The standard InChI is InChI=1S/C20H32N2O6Si/c1-8-26-17(23)10-9-14-15(28-29(6,7)20(3,4)5)11-16(27-14)22-12-13(2)18(24)21-19(22)25/h9-10,12,14-16H,8,11H2,1-7H3,(H,21,24,25)/t14-,15+,16-/m1/s1. The van der Waals surface area contributed by atoms with E-state index in [9.17, 15) is 14.4 Å². The molecule has 0 radical (unpaired) electrons. The van der Waals surface area contributed by atoms with Crippen molar-refractivity contribution in [3.8, 4) is 0 Å². The minimum absolute atomic E-state index is 0.00803. The quantitative estimate of drug-likeness (QED) is 0.428. The molecular weight excluding hydrogens is 392 g/mol. The smallest absolute Gasteiger partial charge is 0.330 e. The predicted molar refractivity (Wildman–Crippen MR) is 112 cm³/mol. The van der Waals surface area contributed by atoms with Crippen LogP contribution in [0.5, 0.6) is 0 Å². The van der Waals surface area contributed by atoms with E-state index in [4.69, 9.17) is 13.9 Å². The molecule has 0 aromatic carbocycles. The fraction of sp³-hybridized carbons (Fsp3) is 0.650. The van der Waals surface area contributed by atoms with Gasteiger partial charge in [0.2, 0.25) is 0 Å². The molecule has 0 amide bonds. The molecule has 8 nitrogen and oxygen atoms in total. The Labute approximate surface area is 172 Å². The average Bonchev–Trinajstić information content (AvgIpc) is 2.97. The van der Waals surface area contributed by atoms with Crippen LogP contribution in [0.3, 0.4) is 0 Å². The van der Waals surface area contributed by atoms with Crippen LogP contribution in [0.4, 0.5) is 0 Å². The molecule has 1 N–H and O–H groups in total. The summed E-state index contributed by atoms with van der Waals surface area (Å²) < 4.78 is 18.9. The van der Waals surface area contributed by atoms with E-state index in [-0.39, 0.29) is 17.7 Å². The van der Waals surface area contributed by atoms with Gasteiger partial charge >= 0.3 is 11.7 Å². The number of aromatic amines is 1. The Kier molecular flexibility index (Phi) is 7.08. The van der Waals surface area contributed by atoms with Crippen molar-refractivity contribution in [2.24, 2.45) is 0 Å². The summed E-state index contributed by atoms with van der Waals surface area (Å²) in [5, 5.41) is -0.00803. The minimum Gasteiger partial charge on any atom is -0.463 e. The SMILES string of the molecule is CCOC(=O)C=C[C@H]1O[C@@H](n2cc(C)c(=O)[nH]c2=O)C[C@@H]1O[Si](C)(C)C(C)(C)C. The normalized spacial score (nSPS) is 22.9. The summed E-state index contributed by atoms with van der Waals surface area (Å²) in [7, 11) is -2.12. The van der Waals surface area contributed by atoms with Gasteiger partial charge in [0.15, 0.2) is 8.32 Å². The highest BCUT2D eigenvalue weighted by molar-refractivity contribution is 6.74. The first-order valence-corrected chi connectivity index (χ1v) is 12.8. The third-order valence-corrected chi connectivity index (χ3v) is 10.0. The van der Waals surface area contributed by atoms with E-state index in [1.165, 1.54) is 16.8 Å². The summed E-state index contributed by atoms with van der Waals surface area (Å²) in [5.74, 6) is -0.456. The van der Waals surface area contributed by atoms with Crippen LogP contribution in [0.1, 0.15) is 45.9 Å². The molecule has 29 heavy (non-hydrogen) atoms. The molecule has 1 aliphatic rings. The van der Waals surface area contributed by atoms with Crippen molar-refractivity contribution in [1.82, 2.24) is 9.55 Å². The van der Waals surface area contributed by atoms with Gasteiger partial charge in [-0.1, -0.05) is 20.8 Å². The first-order valence-electron chi connectivity index (χ1n) is 9.86. The van der Waals surface area contributed by atoms with Gasteiger partial charge in [-0.15, -0.1) is 0 Å². The van der Waals surface area contributed by atoms with Gasteiger partial charge in [-0.2, -0.15) is 0 Å². The number of carbonyl (C=O) groups is 1. The van der Waals surface area contributed by atoms with Crippen LogP contribution in [-0.2, 0) is 18.7 Å². The molecule has 1 fully saturated rings. The molecule has 2 heterocycles. The van der Waals surface area contributed by atoms with Gasteiger partial charge in [0.25, 0.3) is 5.56 Å². The van der Waals surface area contributed by atoms with Crippen molar-refractivity contribution in [2.75, 3.05) is 6.61 Å². The second kappa shape index (κ2) is 8.81. The number of aromatic nitrogens is 2. The summed E-state index contributed by atoms with van der Waals surface area (Å²) in [5.41, 5.74) is -0.538. The van der Waals surface area contributed by atoms with Gasteiger partial charge in [0.05, 0.1) is 12.7 Å².